The number of rotatable bonds is 4. The normalized spacial score (nSPS) is 17.9. The number of pyridine rings is 1. The van der Waals surface area contributed by atoms with Crippen LogP contribution in [0.2, 0.25) is 0 Å². The first-order valence-corrected chi connectivity index (χ1v) is 9.61. The Hall–Kier alpha value is -2.59. The summed E-state index contributed by atoms with van der Waals surface area (Å²) in [7, 11) is 3.96. The van der Waals surface area contributed by atoms with Crippen molar-refractivity contribution in [1.29, 1.82) is 0 Å². The molecule has 140 valence electrons. The van der Waals surface area contributed by atoms with Crippen molar-refractivity contribution in [2.24, 2.45) is 13.0 Å². The lowest BCUT2D eigenvalue weighted by atomic mass is 9.99. The van der Waals surface area contributed by atoms with Gasteiger partial charge in [0.1, 0.15) is 5.75 Å². The SMILES string of the molecule is CN1CCCC(COc2ccc3ccc(-c4ccc(=O)n(C)c4)cc3c2)C1. The van der Waals surface area contributed by atoms with Crippen LogP contribution in [-0.2, 0) is 7.05 Å². The molecule has 3 aromatic rings. The van der Waals surface area contributed by atoms with Gasteiger partial charge in [0, 0.05) is 31.8 Å². The topological polar surface area (TPSA) is 34.5 Å². The van der Waals surface area contributed by atoms with E-state index in [0.29, 0.717) is 5.92 Å². The van der Waals surface area contributed by atoms with Crippen LogP contribution in [0.5, 0.6) is 5.75 Å². The molecular weight excluding hydrogens is 336 g/mol. The quantitative estimate of drug-likeness (QED) is 0.705. The Morgan fingerprint density at radius 2 is 1.81 bits per heavy atom. The summed E-state index contributed by atoms with van der Waals surface area (Å²) in [5.74, 6) is 1.53. The van der Waals surface area contributed by atoms with Crippen LogP contribution >= 0.6 is 0 Å². The van der Waals surface area contributed by atoms with Gasteiger partial charge in [-0.2, -0.15) is 0 Å². The molecule has 2 aromatic carbocycles. The maximum absolute atomic E-state index is 11.6. The lowest BCUT2D eigenvalue weighted by Crippen LogP contribution is -2.34. The second-order valence-corrected chi connectivity index (χ2v) is 7.67. The molecule has 27 heavy (non-hydrogen) atoms. The summed E-state index contributed by atoms with van der Waals surface area (Å²) in [4.78, 5) is 14.0. The lowest BCUT2D eigenvalue weighted by molar-refractivity contribution is 0.150. The van der Waals surface area contributed by atoms with Crippen molar-refractivity contribution < 1.29 is 4.74 Å². The molecular formula is C23H26N2O2. The molecule has 0 amide bonds. The van der Waals surface area contributed by atoms with Crippen LogP contribution in [0.4, 0.5) is 0 Å². The van der Waals surface area contributed by atoms with Gasteiger partial charge in [-0.05, 0) is 72.6 Å². The van der Waals surface area contributed by atoms with E-state index in [1.165, 1.54) is 24.8 Å². The minimum atomic E-state index is 0.00332. The van der Waals surface area contributed by atoms with Crippen LogP contribution in [0.3, 0.4) is 0 Å². The molecule has 4 heteroatoms. The molecule has 1 atom stereocenters. The number of benzene rings is 2. The first kappa shape index (κ1) is 17.8. The van der Waals surface area contributed by atoms with E-state index >= 15 is 0 Å². The highest BCUT2D eigenvalue weighted by Crippen LogP contribution is 2.27. The molecule has 1 unspecified atom stereocenters. The van der Waals surface area contributed by atoms with Gasteiger partial charge in [-0.15, -0.1) is 0 Å². The van der Waals surface area contributed by atoms with E-state index in [1.807, 2.05) is 12.3 Å². The number of ether oxygens (including phenoxy) is 1. The van der Waals surface area contributed by atoms with Crippen molar-refractivity contribution in [3.63, 3.8) is 0 Å². The molecule has 1 fully saturated rings. The van der Waals surface area contributed by atoms with E-state index in [9.17, 15) is 4.79 Å². The van der Waals surface area contributed by atoms with E-state index in [1.54, 1.807) is 17.7 Å². The molecule has 1 aliphatic rings. The Balaban J connectivity index is 1.55. The number of aryl methyl sites for hydroxylation is 1. The van der Waals surface area contributed by atoms with Gasteiger partial charge in [-0.1, -0.05) is 18.2 Å². The van der Waals surface area contributed by atoms with Gasteiger partial charge in [0.2, 0.25) is 5.56 Å². The number of piperidine rings is 1. The molecule has 1 aromatic heterocycles. The van der Waals surface area contributed by atoms with Crippen molar-refractivity contribution in [2.75, 3.05) is 26.7 Å². The van der Waals surface area contributed by atoms with Gasteiger partial charge in [0.15, 0.2) is 0 Å². The third kappa shape index (κ3) is 4.06. The predicted molar refractivity (Wildman–Crippen MR) is 110 cm³/mol. The van der Waals surface area contributed by atoms with Gasteiger partial charge in [0.25, 0.3) is 0 Å². The minimum absolute atomic E-state index is 0.00332. The maximum atomic E-state index is 11.6. The summed E-state index contributed by atoms with van der Waals surface area (Å²) in [6, 6.07) is 16.2. The highest BCUT2D eigenvalue weighted by Gasteiger charge is 2.17. The number of likely N-dealkylation sites (tertiary alicyclic amines) is 1. The third-order valence-corrected chi connectivity index (χ3v) is 5.44. The fourth-order valence-corrected chi connectivity index (χ4v) is 3.88. The Bertz CT molecular complexity index is 1010. The van der Waals surface area contributed by atoms with Crippen molar-refractivity contribution >= 4 is 10.8 Å². The van der Waals surface area contributed by atoms with Crippen LogP contribution in [0.25, 0.3) is 21.9 Å². The molecule has 1 aliphatic heterocycles. The molecule has 0 aliphatic carbocycles. The summed E-state index contributed by atoms with van der Waals surface area (Å²) >= 11 is 0. The molecule has 4 nitrogen and oxygen atoms in total. The molecule has 0 N–H and O–H groups in total. The summed E-state index contributed by atoms with van der Waals surface area (Å²) in [6.45, 7) is 3.08. The summed E-state index contributed by atoms with van der Waals surface area (Å²) < 4.78 is 7.72. The van der Waals surface area contributed by atoms with Crippen molar-refractivity contribution in [1.82, 2.24) is 9.47 Å². The standard InChI is InChI=1S/C23H26N2O2/c1-24-11-3-4-17(14-24)16-27-22-9-7-18-5-6-19(12-21(18)13-22)20-8-10-23(26)25(2)15-20/h5-10,12-13,15,17H,3-4,11,14,16H2,1-2H3. The molecule has 4 rings (SSSR count). The molecule has 2 heterocycles. The zero-order valence-electron chi connectivity index (χ0n) is 16.0. The minimum Gasteiger partial charge on any atom is -0.493 e. The Morgan fingerprint density at radius 1 is 1.00 bits per heavy atom. The van der Waals surface area contributed by atoms with Crippen molar-refractivity contribution in [3.8, 4) is 16.9 Å². The van der Waals surface area contributed by atoms with Gasteiger partial charge in [-0.3, -0.25) is 4.79 Å². The van der Waals surface area contributed by atoms with Crippen LogP contribution in [0.15, 0.2) is 59.5 Å². The molecule has 0 spiro atoms. The van der Waals surface area contributed by atoms with Crippen LogP contribution in [0.1, 0.15) is 12.8 Å². The molecule has 0 bridgehead atoms. The number of nitrogens with zero attached hydrogens (tertiary/aromatic N) is 2. The highest BCUT2D eigenvalue weighted by molar-refractivity contribution is 5.88. The van der Waals surface area contributed by atoms with Crippen molar-refractivity contribution in [2.45, 2.75) is 12.8 Å². The van der Waals surface area contributed by atoms with Gasteiger partial charge in [0.05, 0.1) is 6.61 Å². The number of aromatic nitrogens is 1. The highest BCUT2D eigenvalue weighted by atomic mass is 16.5. The fraction of sp³-hybridized carbons (Fsp3) is 0.348. The van der Waals surface area contributed by atoms with Crippen molar-refractivity contribution in [3.05, 3.63) is 65.1 Å². The third-order valence-electron chi connectivity index (χ3n) is 5.44. The zero-order valence-corrected chi connectivity index (χ0v) is 16.0. The lowest BCUT2D eigenvalue weighted by Gasteiger charge is -2.29. The summed E-state index contributed by atoms with van der Waals surface area (Å²) in [5, 5.41) is 2.34. The van der Waals surface area contributed by atoms with E-state index in [0.717, 1.165) is 35.4 Å². The number of fused-ring (bicyclic) bond motifs is 1. The Kier molecular flexibility index (Phi) is 4.99. The number of hydrogen-bond acceptors (Lipinski definition) is 3. The zero-order chi connectivity index (χ0) is 18.8. The second kappa shape index (κ2) is 7.57. The number of hydrogen-bond donors (Lipinski definition) is 0. The van der Waals surface area contributed by atoms with E-state index in [2.05, 4.69) is 48.3 Å². The average molecular weight is 362 g/mol. The first-order valence-electron chi connectivity index (χ1n) is 9.61. The van der Waals surface area contributed by atoms with Crippen LogP contribution in [0, 0.1) is 5.92 Å². The monoisotopic (exact) mass is 362 g/mol. The Labute approximate surface area is 160 Å². The van der Waals surface area contributed by atoms with Crippen LogP contribution in [-0.4, -0.2) is 36.2 Å². The fourth-order valence-electron chi connectivity index (χ4n) is 3.88. The van der Waals surface area contributed by atoms with E-state index in [4.69, 9.17) is 4.74 Å². The smallest absolute Gasteiger partial charge is 0.250 e. The van der Waals surface area contributed by atoms with E-state index < -0.39 is 0 Å². The molecule has 0 saturated carbocycles. The largest absolute Gasteiger partial charge is 0.493 e. The second-order valence-electron chi connectivity index (χ2n) is 7.67. The molecule has 0 radical (unpaired) electrons. The predicted octanol–water partition coefficient (Wildman–Crippen LogP) is 3.93. The molecule has 1 saturated heterocycles. The van der Waals surface area contributed by atoms with Crippen LogP contribution < -0.4 is 10.3 Å². The average Bonchev–Trinajstić information content (AvgIpc) is 2.68. The van der Waals surface area contributed by atoms with Gasteiger partial charge >= 0.3 is 0 Å². The maximum Gasteiger partial charge on any atom is 0.250 e. The summed E-state index contributed by atoms with van der Waals surface area (Å²) in [5.41, 5.74) is 2.14. The Morgan fingerprint density at radius 3 is 2.63 bits per heavy atom. The summed E-state index contributed by atoms with van der Waals surface area (Å²) in [6.07, 6.45) is 4.38. The van der Waals surface area contributed by atoms with E-state index in [-0.39, 0.29) is 5.56 Å². The first-order chi connectivity index (χ1) is 13.1. The van der Waals surface area contributed by atoms with Gasteiger partial charge < -0.3 is 14.2 Å². The van der Waals surface area contributed by atoms with Gasteiger partial charge in [-0.25, -0.2) is 0 Å².